The molecule has 0 aliphatic heterocycles. The topological polar surface area (TPSA) is 467 Å². The Kier molecular flexibility index (Phi) is 41.9. The summed E-state index contributed by atoms with van der Waals surface area (Å²) in [6, 6.07) is 90.0. The van der Waals surface area contributed by atoms with Gasteiger partial charge >= 0.3 is 30.2 Å². The number of nitrogens with zero attached hydrogens (tertiary/aromatic N) is 3. The number of halogens is 1. The minimum atomic E-state index is -1.06. The Labute approximate surface area is 889 Å². The number of alkyl halides is 1. The van der Waals surface area contributed by atoms with Crippen LogP contribution < -0.4 is 38.5 Å². The number of thiophene rings is 4. The highest BCUT2D eigenvalue weighted by Crippen LogP contribution is 2.43. The fourth-order valence-corrected chi connectivity index (χ4v) is 20.5. The zero-order valence-corrected chi connectivity index (χ0v) is 89.4. The molecule has 0 saturated carbocycles. The van der Waals surface area contributed by atoms with E-state index >= 15 is 0 Å². The number of anilines is 4. The molecule has 0 saturated heterocycles. The van der Waals surface area contributed by atoms with Crippen LogP contribution in [0.15, 0.2) is 297 Å². The van der Waals surface area contributed by atoms with E-state index in [1.807, 2.05) is 234 Å². The maximum absolute atomic E-state index is 13.1. The van der Waals surface area contributed by atoms with Crippen LogP contribution in [0.5, 0.6) is 0 Å². The number of nitrogens with one attached hydrogen (secondary N) is 6. The van der Waals surface area contributed by atoms with Gasteiger partial charge in [-0.05, 0) is 142 Å². The van der Waals surface area contributed by atoms with Crippen molar-refractivity contribution in [2.45, 2.75) is 91.7 Å². The summed E-state index contributed by atoms with van der Waals surface area (Å²) in [4.78, 5) is 151. The molecule has 0 aliphatic rings. The third-order valence-corrected chi connectivity index (χ3v) is 28.1. The minimum absolute atomic E-state index is 0.00245. The average molecular weight is 2190 g/mol. The molecule has 13 N–H and O–H groups in total. The number of aryl methyl sites for hydroxylation is 4. The first-order chi connectivity index (χ1) is 70.0. The Hall–Kier alpha value is -15.7. The van der Waals surface area contributed by atoms with Gasteiger partial charge in [-0.25, -0.2) is 38.9 Å². The van der Waals surface area contributed by atoms with E-state index in [0.717, 1.165) is 86.2 Å². The molecule has 0 fully saturated rings. The number of ether oxygens (including phenoxy) is 5. The predicted octanol–water partition coefficient (Wildman–Crippen LogP) is 25.6. The molecule has 9 aromatic carbocycles. The van der Waals surface area contributed by atoms with Crippen LogP contribution in [0.25, 0.3) is 65.5 Å². The molecule has 0 aliphatic carbocycles. The van der Waals surface area contributed by atoms with Crippen molar-refractivity contribution in [1.82, 2.24) is 15.0 Å². The highest BCUT2D eigenvalue weighted by molar-refractivity contribution is 9.10. The van der Waals surface area contributed by atoms with E-state index < -0.39 is 34.3 Å². The fourth-order valence-electron chi connectivity index (χ4n) is 12.8. The lowest BCUT2D eigenvalue weighted by Gasteiger charge is -2.20. The number of aromatic nitrogens is 3. The Morgan fingerprint density at radius 2 is 0.687 bits per heavy atom. The lowest BCUT2D eigenvalue weighted by atomic mass is 10.1. The van der Waals surface area contributed by atoms with Crippen molar-refractivity contribution < 1.29 is 81.5 Å². The van der Waals surface area contributed by atoms with Crippen molar-refractivity contribution in [3.05, 3.63) is 368 Å². The number of hydrogen-bond acceptors (Lipinski definition) is 29. The smallest absolute Gasteiger partial charge is 0.477 e. The van der Waals surface area contributed by atoms with Crippen molar-refractivity contribution in [1.29, 1.82) is 10.8 Å². The lowest BCUT2D eigenvalue weighted by molar-refractivity contribution is -0.116. The van der Waals surface area contributed by atoms with Crippen LogP contribution in [0.3, 0.4) is 0 Å². The molecule has 4 amide bonds. The minimum Gasteiger partial charge on any atom is -0.477 e. The molecule has 16 aromatic rings. The van der Waals surface area contributed by atoms with Crippen molar-refractivity contribution in [3.63, 3.8) is 0 Å². The summed E-state index contributed by atoms with van der Waals surface area (Å²) in [6.45, 7) is 17.7. The van der Waals surface area contributed by atoms with Crippen molar-refractivity contribution in [3.8, 4) is 65.5 Å². The van der Waals surface area contributed by atoms with Crippen molar-refractivity contribution in [2.75, 3.05) is 35.5 Å². The normalized spacial score (nSPS) is 10.7. The first kappa shape index (κ1) is 113. The molecule has 0 bridgehead atoms. The van der Waals surface area contributed by atoms with E-state index in [-0.39, 0.29) is 70.1 Å². The number of benzene rings is 9. The summed E-state index contributed by atoms with van der Waals surface area (Å²) in [7, 11) is 2.71. The van der Waals surface area contributed by atoms with Crippen molar-refractivity contribution >= 4 is 212 Å². The van der Waals surface area contributed by atoms with Gasteiger partial charge in [0.2, 0.25) is 11.8 Å². The van der Waals surface area contributed by atoms with Gasteiger partial charge in [-0.1, -0.05) is 253 Å². The summed E-state index contributed by atoms with van der Waals surface area (Å²) >= 11 is 17.3. The van der Waals surface area contributed by atoms with E-state index in [1.165, 1.54) is 82.2 Å². The Morgan fingerprint density at radius 1 is 0.395 bits per heavy atom. The standard InChI is InChI=1S/C23H18N2O3S2.C22H18N4OS2.C16H13N3O2S2.C15H12BrNO2.C15H13NO2.C10H18O5.C8H9NO2S2/c1-14-17(13-18(29-14)23(27)28-2)22-25-19(15-9-5-3-6-10-15)20(30-22)21(26)24-16-11-7-4-8-12-16;1-13-16(12-17(28-13)20(23)24)22-26-18(14-8-4-2-5-9-14)19(29-22)21(27)25-15-10-6-3-7-11-15;1-8-10(7-11(22-8)14(17)18)15-19-12(13(23-15)16(20)21)9-5-3-2-4-6-9;16-13(14(18)11-7-3-1-4-8-11)15(19)17-12-9-5-2-6-10-12;17-14(12-7-3-1-4-8-12)11-15(18)16-13-9-5-2-6-10-13;1-9(2,3)14-7(11)13-8(12)15-10(4,5)6;1-4-5(7(9)12)3-6(13-4)8(10)11-2/h3-13H,1-2H3,(H,24,26);2-12H,1H3,(H3,23,24)(H,25,27);2-7H,1H3,(H3,17,18)(H,20,21);1-10,13H,(H,17,19);1-10H,11H2,(H,16,18);1-6H3;3H,1-2H3,(H2,9,12). The van der Waals surface area contributed by atoms with E-state index in [1.54, 1.807) is 133 Å². The van der Waals surface area contributed by atoms with Crippen LogP contribution in [-0.4, -0.2) is 132 Å². The van der Waals surface area contributed by atoms with Gasteiger partial charge < -0.3 is 67.3 Å². The van der Waals surface area contributed by atoms with Gasteiger partial charge in [0, 0.05) is 92.3 Å². The second-order valence-corrected chi connectivity index (χ2v) is 42.4. The van der Waals surface area contributed by atoms with Gasteiger partial charge in [0.05, 0.1) is 47.5 Å². The number of carbonyl (C=O) groups excluding carboxylic acids is 10. The van der Waals surface area contributed by atoms with Gasteiger partial charge in [-0.3, -0.25) is 39.6 Å². The number of thiazole rings is 3. The number of thiocarbonyl (C=S) groups is 1. The number of hydrogen-bond donors (Lipinski definition) is 10. The predicted molar refractivity (Wildman–Crippen MR) is 595 cm³/mol. The van der Waals surface area contributed by atoms with Crippen molar-refractivity contribution in [2.24, 2.45) is 17.2 Å². The lowest BCUT2D eigenvalue weighted by Crippen LogP contribution is -2.30. The molecule has 1 atom stereocenters. The zero-order chi connectivity index (χ0) is 107. The van der Waals surface area contributed by atoms with Gasteiger partial charge in [-0.15, -0.1) is 79.4 Å². The molecule has 38 heteroatoms. The number of amidine groups is 2. The number of nitrogens with two attached hydrogens (primary N) is 3. The van der Waals surface area contributed by atoms with Crippen LogP contribution in [0.2, 0.25) is 0 Å². The number of rotatable bonds is 24. The van der Waals surface area contributed by atoms with Crippen LogP contribution in [0.1, 0.15) is 152 Å². The van der Waals surface area contributed by atoms with Crippen LogP contribution >= 0.6 is 108 Å². The number of carbonyl (C=O) groups is 11. The summed E-state index contributed by atoms with van der Waals surface area (Å²) in [5.41, 5.74) is 26.7. The molecule has 7 heterocycles. The van der Waals surface area contributed by atoms with Gasteiger partial charge in [0.25, 0.3) is 11.8 Å². The number of amides is 4. The molecule has 0 spiro atoms. The molecule has 29 nitrogen and oxygen atoms in total. The number of Topliss-reactive ketones (excluding diaryl/α,β-unsaturated/α-hetero) is 2. The van der Waals surface area contributed by atoms with Crippen LogP contribution in [0.4, 0.5) is 32.3 Å². The zero-order valence-electron chi connectivity index (χ0n) is 81.3. The van der Waals surface area contributed by atoms with Crippen LogP contribution in [-0.2, 0) is 33.3 Å². The van der Waals surface area contributed by atoms with E-state index in [9.17, 15) is 57.8 Å². The second kappa shape index (κ2) is 54.3. The number of nitrogen functional groups attached to an aromatic ring is 2. The fraction of sp³-hybridized carbons (Fsp3) is 0.147. The highest BCUT2D eigenvalue weighted by Gasteiger charge is 2.30. The van der Waals surface area contributed by atoms with Gasteiger partial charge in [0.1, 0.15) is 67.3 Å². The number of methoxy groups -OCH3 is 2. The highest BCUT2D eigenvalue weighted by atomic mass is 79.9. The average Bonchev–Trinajstić information content (AvgIpc) is 1.64. The Balaban J connectivity index is 0.000000179. The van der Waals surface area contributed by atoms with E-state index in [2.05, 4.69) is 51.7 Å². The largest absolute Gasteiger partial charge is 0.519 e. The molecule has 0 radical (unpaired) electrons. The number of para-hydroxylation sites is 4. The molecule has 16 rings (SSSR count). The molecular formula is C109H101BrN12O17S8. The Morgan fingerprint density at radius 3 is 1.01 bits per heavy atom. The number of ketones is 2. The molecule has 147 heavy (non-hydrogen) atoms. The summed E-state index contributed by atoms with van der Waals surface area (Å²) < 4.78 is 23.2. The van der Waals surface area contributed by atoms with Gasteiger partial charge in [0.15, 0.2) is 16.4 Å². The monoisotopic (exact) mass is 2180 g/mol. The molecule has 754 valence electrons. The summed E-state index contributed by atoms with van der Waals surface area (Å²) in [5, 5.41) is 38.0. The number of carboxylic acids is 1. The maximum atomic E-state index is 13.1. The first-order valence-electron chi connectivity index (χ1n) is 44.4. The number of aromatic carboxylic acids is 1. The maximum Gasteiger partial charge on any atom is 0.519 e. The summed E-state index contributed by atoms with van der Waals surface area (Å²) in [6.07, 6.45) is -2.26. The first-order valence-corrected chi connectivity index (χ1v) is 51.5. The van der Waals surface area contributed by atoms with Crippen LogP contribution in [0, 0.1) is 38.5 Å². The van der Waals surface area contributed by atoms with E-state index in [4.69, 9.17) is 64.4 Å². The Bertz CT molecular complexity index is 7290. The molecule has 7 aromatic heterocycles. The number of esters is 2. The third-order valence-electron chi connectivity index (χ3n) is 19.6. The quantitative estimate of drug-likeness (QED) is 0.00392. The number of carboxylic acid groups (broad SMARTS) is 1. The molecule has 1 unspecified atom stereocenters. The SMILES string of the molecule is CC(C)(C)OC(=O)OC(=O)OC(C)(C)C.COC(=O)c1cc(-c2nc(-c3ccccc3)c(C(=O)Nc3ccccc3)s2)c(C)s1.COC(=O)c1cc(C(N)=S)c(C)s1.Cc1sc(C(=N)N)cc1-c1nc(-c2ccccc2)c(C(=O)Nc2ccccc2)s1.Cc1sc(C(=N)N)cc1-c1nc(-c2ccccc2)c(C(=O)O)s1.O=C(CC(=O)c1ccccc1)Nc1ccccc1.O=C(Nc1ccccc1)C(Br)C(=O)c1ccccc1. The second-order valence-electron chi connectivity index (χ2n) is 33.0. The molecular weight excluding hydrogens is 2090 g/mol. The third kappa shape index (κ3) is 34.3. The van der Waals surface area contributed by atoms with E-state index in [0.29, 0.717) is 83.9 Å². The summed E-state index contributed by atoms with van der Waals surface area (Å²) in [5.74, 6) is -3.20. The van der Waals surface area contributed by atoms with Gasteiger partial charge in [-0.2, -0.15) is 0 Å².